The van der Waals surface area contributed by atoms with Gasteiger partial charge in [0.15, 0.2) is 0 Å². The Hall–Kier alpha value is -1.96. The maximum Gasteiger partial charge on any atom is 0.340 e. The van der Waals surface area contributed by atoms with E-state index in [-0.39, 0.29) is 36.8 Å². The molecule has 0 aliphatic carbocycles. The standard InChI is InChI=1S/C13H15N3O4S/c1-7-11(13(19)20)12(15-8(2)14-7)21-6-5-16-9(17)3-4-10(16)18/h3-6H2,1-2H3,(H,19,20). The van der Waals surface area contributed by atoms with Crippen LogP contribution in [0.4, 0.5) is 0 Å². The summed E-state index contributed by atoms with van der Waals surface area (Å²) in [6, 6.07) is 0. The molecule has 7 nitrogen and oxygen atoms in total. The van der Waals surface area contributed by atoms with Crippen LogP contribution < -0.4 is 0 Å². The summed E-state index contributed by atoms with van der Waals surface area (Å²) in [5.41, 5.74) is 0.482. The Bertz CT molecular complexity index is 602. The number of aromatic nitrogens is 2. The Morgan fingerprint density at radius 2 is 1.86 bits per heavy atom. The number of imide groups is 1. The van der Waals surface area contributed by atoms with E-state index in [0.717, 1.165) is 0 Å². The minimum Gasteiger partial charge on any atom is -0.478 e. The van der Waals surface area contributed by atoms with Crippen LogP contribution in [0, 0.1) is 13.8 Å². The fourth-order valence-electron chi connectivity index (χ4n) is 2.14. The minimum absolute atomic E-state index is 0.0738. The van der Waals surface area contributed by atoms with Crippen molar-refractivity contribution in [2.24, 2.45) is 0 Å². The van der Waals surface area contributed by atoms with Gasteiger partial charge in [-0.05, 0) is 13.8 Å². The number of amides is 2. The Kier molecular flexibility index (Phi) is 4.56. The lowest BCUT2D eigenvalue weighted by Crippen LogP contribution is -2.31. The topological polar surface area (TPSA) is 100 Å². The van der Waals surface area contributed by atoms with Gasteiger partial charge in [-0.1, -0.05) is 0 Å². The van der Waals surface area contributed by atoms with E-state index in [0.29, 0.717) is 22.3 Å². The van der Waals surface area contributed by atoms with Crippen molar-refractivity contribution in [2.75, 3.05) is 12.3 Å². The van der Waals surface area contributed by atoms with Crippen molar-refractivity contribution < 1.29 is 19.5 Å². The van der Waals surface area contributed by atoms with Crippen LogP contribution in [-0.2, 0) is 9.59 Å². The molecule has 2 amide bonds. The molecule has 0 aromatic carbocycles. The van der Waals surface area contributed by atoms with Crippen LogP contribution in [0.3, 0.4) is 0 Å². The first kappa shape index (κ1) is 15.4. The Morgan fingerprint density at radius 1 is 1.24 bits per heavy atom. The van der Waals surface area contributed by atoms with E-state index < -0.39 is 5.97 Å². The first-order chi connectivity index (χ1) is 9.90. The van der Waals surface area contributed by atoms with Crippen LogP contribution in [0.25, 0.3) is 0 Å². The first-order valence-electron chi connectivity index (χ1n) is 6.44. The molecule has 0 atom stereocenters. The highest BCUT2D eigenvalue weighted by Gasteiger charge is 2.28. The van der Waals surface area contributed by atoms with E-state index in [2.05, 4.69) is 9.97 Å². The molecular weight excluding hydrogens is 294 g/mol. The molecule has 2 heterocycles. The third-order valence-corrected chi connectivity index (χ3v) is 4.05. The van der Waals surface area contributed by atoms with Crippen molar-refractivity contribution in [3.05, 3.63) is 17.1 Å². The third kappa shape index (κ3) is 3.38. The van der Waals surface area contributed by atoms with Crippen molar-refractivity contribution in [3.63, 3.8) is 0 Å². The molecule has 1 fully saturated rings. The molecule has 8 heteroatoms. The number of aryl methyl sites for hydroxylation is 2. The second-order valence-corrected chi connectivity index (χ2v) is 5.71. The largest absolute Gasteiger partial charge is 0.478 e. The predicted octanol–water partition coefficient (Wildman–Crippen LogP) is 1.03. The zero-order valence-corrected chi connectivity index (χ0v) is 12.6. The van der Waals surface area contributed by atoms with Crippen LogP contribution in [0.1, 0.15) is 34.7 Å². The number of carbonyl (C=O) groups excluding carboxylic acids is 2. The monoisotopic (exact) mass is 309 g/mol. The zero-order chi connectivity index (χ0) is 15.6. The number of carboxylic acids is 1. The molecule has 1 aliphatic rings. The first-order valence-corrected chi connectivity index (χ1v) is 7.43. The molecule has 0 spiro atoms. The number of hydrogen-bond donors (Lipinski definition) is 1. The van der Waals surface area contributed by atoms with Crippen LogP contribution in [0.5, 0.6) is 0 Å². The SMILES string of the molecule is Cc1nc(C)c(C(=O)O)c(SCCN2C(=O)CCC2=O)n1. The lowest BCUT2D eigenvalue weighted by atomic mass is 10.2. The predicted molar refractivity (Wildman–Crippen MR) is 75.1 cm³/mol. The summed E-state index contributed by atoms with van der Waals surface area (Å²) in [7, 11) is 0. The van der Waals surface area contributed by atoms with Gasteiger partial charge in [0.2, 0.25) is 11.8 Å². The maximum absolute atomic E-state index is 11.5. The zero-order valence-electron chi connectivity index (χ0n) is 11.8. The van der Waals surface area contributed by atoms with Gasteiger partial charge in [0.1, 0.15) is 16.4 Å². The van der Waals surface area contributed by atoms with E-state index in [4.69, 9.17) is 0 Å². The number of thioether (sulfide) groups is 1. The lowest BCUT2D eigenvalue weighted by molar-refractivity contribution is -0.137. The smallest absolute Gasteiger partial charge is 0.340 e. The van der Waals surface area contributed by atoms with Gasteiger partial charge < -0.3 is 5.11 Å². The quantitative estimate of drug-likeness (QED) is 0.492. The number of nitrogens with zero attached hydrogens (tertiary/aromatic N) is 3. The molecule has 1 N–H and O–H groups in total. The number of rotatable bonds is 5. The second kappa shape index (κ2) is 6.21. The van der Waals surface area contributed by atoms with Crippen LogP contribution >= 0.6 is 11.8 Å². The van der Waals surface area contributed by atoms with Crippen molar-refractivity contribution in [1.29, 1.82) is 0 Å². The summed E-state index contributed by atoms with van der Waals surface area (Å²) in [5.74, 6) is -0.520. The Morgan fingerprint density at radius 3 is 2.43 bits per heavy atom. The van der Waals surface area contributed by atoms with Crippen LogP contribution in [0.2, 0.25) is 0 Å². The van der Waals surface area contributed by atoms with Gasteiger partial charge >= 0.3 is 5.97 Å². The second-order valence-electron chi connectivity index (χ2n) is 4.63. The highest BCUT2D eigenvalue weighted by molar-refractivity contribution is 7.99. The maximum atomic E-state index is 11.5. The number of likely N-dealkylation sites (tertiary alicyclic amines) is 1. The summed E-state index contributed by atoms with van der Waals surface area (Å²) < 4.78 is 0. The van der Waals surface area contributed by atoms with E-state index in [1.807, 2.05) is 0 Å². The van der Waals surface area contributed by atoms with Gasteiger partial charge in [0.05, 0.1) is 5.69 Å². The van der Waals surface area contributed by atoms with Crippen LogP contribution in [0.15, 0.2) is 5.03 Å². The van der Waals surface area contributed by atoms with Gasteiger partial charge in [-0.3, -0.25) is 14.5 Å². The average Bonchev–Trinajstić information content (AvgIpc) is 2.69. The number of aromatic carboxylic acids is 1. The van der Waals surface area contributed by atoms with Crippen LogP contribution in [-0.4, -0.2) is 50.1 Å². The van der Waals surface area contributed by atoms with Crippen molar-refractivity contribution in [1.82, 2.24) is 14.9 Å². The van der Waals surface area contributed by atoms with Gasteiger partial charge in [-0.2, -0.15) is 0 Å². The van der Waals surface area contributed by atoms with Gasteiger partial charge in [-0.25, -0.2) is 14.8 Å². The van der Waals surface area contributed by atoms with Gasteiger partial charge in [-0.15, -0.1) is 11.8 Å². The molecule has 0 bridgehead atoms. The van der Waals surface area contributed by atoms with Gasteiger partial charge in [0.25, 0.3) is 0 Å². The number of carbonyl (C=O) groups is 3. The molecule has 1 aromatic rings. The van der Waals surface area contributed by atoms with Crippen molar-refractivity contribution in [3.8, 4) is 0 Å². The van der Waals surface area contributed by atoms with E-state index in [1.54, 1.807) is 13.8 Å². The summed E-state index contributed by atoms with van der Waals surface area (Å²) in [5, 5.41) is 9.59. The molecular formula is C13H15N3O4S. The van der Waals surface area contributed by atoms with E-state index in [9.17, 15) is 19.5 Å². The van der Waals surface area contributed by atoms with Crippen molar-refractivity contribution >= 4 is 29.5 Å². The molecule has 0 saturated carbocycles. The molecule has 0 unspecified atom stereocenters. The third-order valence-electron chi connectivity index (χ3n) is 3.09. The Labute approximate surface area is 125 Å². The number of carboxylic acid groups (broad SMARTS) is 1. The summed E-state index contributed by atoms with van der Waals surface area (Å²) in [6.07, 6.45) is 0.519. The molecule has 1 aliphatic heterocycles. The summed E-state index contributed by atoms with van der Waals surface area (Å²) in [4.78, 5) is 43.6. The van der Waals surface area contributed by atoms with Gasteiger partial charge in [0, 0.05) is 25.1 Å². The lowest BCUT2D eigenvalue weighted by Gasteiger charge is -2.14. The fourth-order valence-corrected chi connectivity index (χ4v) is 3.18. The molecule has 1 saturated heterocycles. The fraction of sp³-hybridized carbons (Fsp3) is 0.462. The highest BCUT2D eigenvalue weighted by atomic mass is 32.2. The average molecular weight is 309 g/mol. The highest BCUT2D eigenvalue weighted by Crippen LogP contribution is 2.23. The summed E-state index contributed by atoms with van der Waals surface area (Å²) in [6.45, 7) is 3.58. The molecule has 0 radical (unpaired) electrons. The molecule has 112 valence electrons. The Balaban J connectivity index is 2.08. The normalized spacial score (nSPS) is 14.9. The minimum atomic E-state index is -1.08. The summed E-state index contributed by atoms with van der Waals surface area (Å²) >= 11 is 1.22. The van der Waals surface area contributed by atoms with E-state index in [1.165, 1.54) is 16.7 Å². The van der Waals surface area contributed by atoms with Crippen molar-refractivity contribution in [2.45, 2.75) is 31.7 Å². The van der Waals surface area contributed by atoms with E-state index >= 15 is 0 Å². The molecule has 21 heavy (non-hydrogen) atoms. The molecule has 2 rings (SSSR count). The number of hydrogen-bond acceptors (Lipinski definition) is 6. The molecule has 1 aromatic heterocycles.